The molecule has 0 aliphatic carbocycles. The van der Waals surface area contributed by atoms with Gasteiger partial charge in [-0.1, -0.05) is 43.7 Å². The van der Waals surface area contributed by atoms with Gasteiger partial charge in [0.1, 0.15) is 0 Å². The fraction of sp³-hybridized carbons (Fsp3) is 0.562. The first-order valence-corrected chi connectivity index (χ1v) is 7.57. The van der Waals surface area contributed by atoms with Crippen molar-refractivity contribution in [3.05, 3.63) is 35.9 Å². The van der Waals surface area contributed by atoms with Crippen LogP contribution in [0.2, 0.25) is 0 Å². The number of hydrogen-bond acceptors (Lipinski definition) is 4. The van der Waals surface area contributed by atoms with Gasteiger partial charge in [-0.2, -0.15) is 5.48 Å². The van der Waals surface area contributed by atoms with E-state index in [0.717, 1.165) is 18.4 Å². The monoisotopic (exact) mass is 292 g/mol. The van der Waals surface area contributed by atoms with Crippen molar-refractivity contribution in [1.29, 1.82) is 0 Å². The largest absolute Gasteiger partial charge is 0.395 e. The number of β-amino-alcohol motifs (C(OH)–C–C–N with tert-alkyl or cyclic N) is 1. The van der Waals surface area contributed by atoms with Crippen LogP contribution in [-0.2, 0) is 16.2 Å². The van der Waals surface area contributed by atoms with Gasteiger partial charge in [-0.25, -0.2) is 0 Å². The van der Waals surface area contributed by atoms with E-state index in [1.165, 1.54) is 0 Å². The van der Waals surface area contributed by atoms with Crippen LogP contribution in [-0.4, -0.2) is 41.7 Å². The van der Waals surface area contributed by atoms with Gasteiger partial charge in [0.2, 0.25) is 5.91 Å². The van der Waals surface area contributed by atoms with Gasteiger partial charge < -0.3 is 10.0 Å². The van der Waals surface area contributed by atoms with Crippen molar-refractivity contribution in [3.8, 4) is 0 Å². The Balaban J connectivity index is 1.86. The van der Waals surface area contributed by atoms with Crippen molar-refractivity contribution in [2.45, 2.75) is 32.4 Å². The van der Waals surface area contributed by atoms with Gasteiger partial charge >= 0.3 is 0 Å². The van der Waals surface area contributed by atoms with Gasteiger partial charge in [-0.15, -0.1) is 0 Å². The zero-order chi connectivity index (χ0) is 15.1. The smallest absolute Gasteiger partial charge is 0.227 e. The first-order chi connectivity index (χ1) is 10.3. The molecule has 21 heavy (non-hydrogen) atoms. The number of hydroxylamine groups is 1. The predicted molar refractivity (Wildman–Crippen MR) is 80.2 cm³/mol. The zero-order valence-electron chi connectivity index (χ0n) is 12.5. The van der Waals surface area contributed by atoms with E-state index in [1.807, 2.05) is 30.3 Å². The third-order valence-corrected chi connectivity index (χ3v) is 3.82. The summed E-state index contributed by atoms with van der Waals surface area (Å²) < 4.78 is 0. The summed E-state index contributed by atoms with van der Waals surface area (Å²) >= 11 is 0. The molecular weight excluding hydrogens is 268 g/mol. The Labute approximate surface area is 125 Å². The fourth-order valence-electron chi connectivity index (χ4n) is 2.74. The molecule has 1 heterocycles. The molecule has 0 bridgehead atoms. The highest BCUT2D eigenvalue weighted by atomic mass is 16.6. The van der Waals surface area contributed by atoms with Gasteiger partial charge in [0.05, 0.1) is 25.2 Å². The van der Waals surface area contributed by atoms with E-state index in [1.54, 1.807) is 4.90 Å². The number of nitrogens with zero attached hydrogens (tertiary/aromatic N) is 1. The number of likely N-dealkylation sites (tertiary alicyclic amines) is 1. The minimum atomic E-state index is -0.0580. The van der Waals surface area contributed by atoms with Crippen LogP contribution < -0.4 is 5.48 Å². The molecule has 5 nitrogen and oxygen atoms in total. The van der Waals surface area contributed by atoms with Crippen LogP contribution in [0.1, 0.15) is 25.3 Å². The summed E-state index contributed by atoms with van der Waals surface area (Å²) in [5.41, 5.74) is 4.13. The summed E-state index contributed by atoms with van der Waals surface area (Å²) in [5, 5.41) is 9.03. The Morgan fingerprint density at radius 1 is 1.38 bits per heavy atom. The minimum Gasteiger partial charge on any atom is -0.395 e. The van der Waals surface area contributed by atoms with Crippen LogP contribution in [0, 0.1) is 5.92 Å². The van der Waals surface area contributed by atoms with E-state index < -0.39 is 0 Å². The number of benzene rings is 1. The Bertz CT molecular complexity index is 438. The van der Waals surface area contributed by atoms with E-state index in [-0.39, 0.29) is 24.5 Å². The molecule has 0 radical (unpaired) electrons. The molecule has 2 atom stereocenters. The van der Waals surface area contributed by atoms with Gasteiger partial charge in [0.25, 0.3) is 0 Å². The zero-order valence-corrected chi connectivity index (χ0v) is 12.5. The van der Waals surface area contributed by atoms with Crippen molar-refractivity contribution in [2.24, 2.45) is 5.92 Å². The van der Waals surface area contributed by atoms with E-state index in [4.69, 9.17) is 9.94 Å². The van der Waals surface area contributed by atoms with Crippen LogP contribution in [0.15, 0.2) is 30.3 Å². The number of carbonyl (C=O) groups excluding carboxylic acids is 1. The molecule has 1 saturated heterocycles. The van der Waals surface area contributed by atoms with Gasteiger partial charge in [-0.3, -0.25) is 9.63 Å². The molecule has 1 amide bonds. The Morgan fingerprint density at radius 3 is 2.81 bits per heavy atom. The third kappa shape index (κ3) is 4.27. The second-order valence-electron chi connectivity index (χ2n) is 5.40. The Kier molecular flexibility index (Phi) is 6.17. The van der Waals surface area contributed by atoms with Crippen molar-refractivity contribution >= 4 is 5.91 Å². The van der Waals surface area contributed by atoms with Gasteiger partial charge in [0.15, 0.2) is 0 Å². The van der Waals surface area contributed by atoms with Crippen molar-refractivity contribution in [1.82, 2.24) is 10.4 Å². The highest BCUT2D eigenvalue weighted by Crippen LogP contribution is 2.23. The normalized spacial score (nSPS) is 22.0. The Hall–Kier alpha value is -1.43. The molecular formula is C16H24N2O3. The standard InChI is InChI=1S/C16H24N2O3/c1-2-6-14-15(11-18(9-10-19)16(14)20)17-21-12-13-7-4-3-5-8-13/h3-5,7-8,14-15,17,19H,2,6,9-12H2,1H3/t14-,15-/m0/s1. The molecule has 2 N–H and O–H groups in total. The molecule has 5 heteroatoms. The summed E-state index contributed by atoms with van der Waals surface area (Å²) in [6.07, 6.45) is 1.80. The van der Waals surface area contributed by atoms with E-state index in [9.17, 15) is 4.79 Å². The number of rotatable bonds is 8. The summed E-state index contributed by atoms with van der Waals surface area (Å²) in [5.74, 6) is 0.0593. The van der Waals surface area contributed by atoms with Crippen molar-refractivity contribution in [3.63, 3.8) is 0 Å². The lowest BCUT2D eigenvalue weighted by molar-refractivity contribution is -0.132. The molecule has 1 aromatic carbocycles. The molecule has 2 rings (SSSR count). The summed E-state index contributed by atoms with van der Waals surface area (Å²) in [4.78, 5) is 19.5. The van der Waals surface area contributed by atoms with Crippen LogP contribution >= 0.6 is 0 Å². The summed E-state index contributed by atoms with van der Waals surface area (Å²) in [7, 11) is 0. The number of aliphatic hydroxyl groups excluding tert-OH is 1. The molecule has 0 aromatic heterocycles. The average Bonchev–Trinajstić information content (AvgIpc) is 2.78. The van der Waals surface area contributed by atoms with E-state index in [0.29, 0.717) is 19.7 Å². The van der Waals surface area contributed by atoms with Crippen LogP contribution in [0.4, 0.5) is 0 Å². The topological polar surface area (TPSA) is 61.8 Å². The second-order valence-corrected chi connectivity index (χ2v) is 5.40. The summed E-state index contributed by atoms with van der Waals surface area (Å²) in [6, 6.07) is 9.91. The number of carbonyl (C=O) groups is 1. The van der Waals surface area contributed by atoms with Crippen molar-refractivity contribution < 1.29 is 14.7 Å². The maximum Gasteiger partial charge on any atom is 0.227 e. The molecule has 0 saturated carbocycles. The molecule has 1 aliphatic heterocycles. The Morgan fingerprint density at radius 2 is 2.14 bits per heavy atom. The average molecular weight is 292 g/mol. The number of amides is 1. The molecule has 1 fully saturated rings. The van der Waals surface area contributed by atoms with Gasteiger partial charge in [-0.05, 0) is 12.0 Å². The highest BCUT2D eigenvalue weighted by molar-refractivity contribution is 5.82. The first kappa shape index (κ1) is 15.9. The maximum atomic E-state index is 12.2. The first-order valence-electron chi connectivity index (χ1n) is 7.57. The van der Waals surface area contributed by atoms with Gasteiger partial charge in [0, 0.05) is 13.1 Å². The minimum absolute atomic E-state index is 0.00216. The van der Waals surface area contributed by atoms with E-state index >= 15 is 0 Å². The number of nitrogens with one attached hydrogen (secondary N) is 1. The van der Waals surface area contributed by atoms with Crippen molar-refractivity contribution in [2.75, 3.05) is 19.7 Å². The molecule has 1 aromatic rings. The molecule has 0 spiro atoms. The highest BCUT2D eigenvalue weighted by Gasteiger charge is 2.39. The lowest BCUT2D eigenvalue weighted by atomic mass is 9.98. The molecule has 0 unspecified atom stereocenters. The second kappa shape index (κ2) is 8.12. The van der Waals surface area contributed by atoms with Crippen LogP contribution in [0.5, 0.6) is 0 Å². The fourth-order valence-corrected chi connectivity index (χ4v) is 2.74. The molecule has 116 valence electrons. The van der Waals surface area contributed by atoms with Crippen LogP contribution in [0.3, 0.4) is 0 Å². The SMILES string of the molecule is CCC[C@@H]1C(=O)N(CCO)C[C@@H]1NOCc1ccccc1. The summed E-state index contributed by atoms with van der Waals surface area (Å²) in [6.45, 7) is 3.55. The maximum absolute atomic E-state index is 12.2. The molecule has 1 aliphatic rings. The van der Waals surface area contributed by atoms with Crippen LogP contribution in [0.25, 0.3) is 0 Å². The lowest BCUT2D eigenvalue weighted by Crippen LogP contribution is -2.36. The quantitative estimate of drug-likeness (QED) is 0.710. The number of aliphatic hydroxyl groups is 1. The predicted octanol–water partition coefficient (Wildman–Crippen LogP) is 1.33. The third-order valence-electron chi connectivity index (χ3n) is 3.82. The number of hydrogen-bond donors (Lipinski definition) is 2. The van der Waals surface area contributed by atoms with E-state index in [2.05, 4.69) is 12.4 Å². The lowest BCUT2D eigenvalue weighted by Gasteiger charge is -2.17.